The lowest BCUT2D eigenvalue weighted by Gasteiger charge is -2.49. The first-order valence-corrected chi connectivity index (χ1v) is 4.29. The summed E-state index contributed by atoms with van der Waals surface area (Å²) in [5, 5.41) is 8.65. The monoisotopic (exact) mass is 231 g/mol. The van der Waals surface area contributed by atoms with Gasteiger partial charge in [0, 0.05) is 19.6 Å². The molecule has 0 aliphatic carbocycles. The summed E-state index contributed by atoms with van der Waals surface area (Å²) in [5.74, 6) is 0. The summed E-state index contributed by atoms with van der Waals surface area (Å²) >= 11 is 0. The molecule has 0 saturated carbocycles. The van der Waals surface area contributed by atoms with Gasteiger partial charge >= 0.3 is 0 Å². The van der Waals surface area contributed by atoms with E-state index in [-0.39, 0.29) is 17.0 Å². The summed E-state index contributed by atoms with van der Waals surface area (Å²) < 4.78 is 1.08. The van der Waals surface area contributed by atoms with E-state index in [2.05, 4.69) is 11.0 Å². The predicted molar refractivity (Wildman–Crippen MR) is 41.8 cm³/mol. The van der Waals surface area contributed by atoms with Crippen LogP contribution < -0.4 is 17.0 Å². The quantitative estimate of drug-likeness (QED) is 0.349. The van der Waals surface area contributed by atoms with Crippen LogP contribution in [0.15, 0.2) is 0 Å². The van der Waals surface area contributed by atoms with E-state index in [9.17, 15) is 0 Å². The van der Waals surface area contributed by atoms with Crippen molar-refractivity contribution in [3.8, 4) is 6.07 Å². The number of piperazine rings is 3. The number of rotatable bonds is 1. The van der Waals surface area contributed by atoms with Crippen LogP contribution in [0, 0.1) is 11.3 Å². The predicted octanol–water partition coefficient (Wildman–Crippen LogP) is -3.34. The third-order valence-corrected chi connectivity index (χ3v) is 3.08. The van der Waals surface area contributed by atoms with Crippen molar-refractivity contribution in [1.82, 2.24) is 4.90 Å². The second kappa shape index (κ2) is 3.73. The Morgan fingerprint density at radius 3 is 2.08 bits per heavy atom. The fourth-order valence-corrected chi connectivity index (χ4v) is 2.12. The van der Waals surface area contributed by atoms with Crippen molar-refractivity contribution < 1.29 is 21.5 Å². The van der Waals surface area contributed by atoms with Gasteiger partial charge in [0.05, 0.1) is 19.6 Å². The van der Waals surface area contributed by atoms with Crippen LogP contribution in [0.4, 0.5) is 0 Å². The van der Waals surface area contributed by atoms with Gasteiger partial charge in [-0.3, -0.25) is 4.90 Å². The minimum Gasteiger partial charge on any atom is -1.00 e. The Balaban J connectivity index is 0.000000720. The molecule has 3 rings (SSSR count). The van der Waals surface area contributed by atoms with Crippen molar-refractivity contribution in [2.24, 2.45) is 0 Å². The minimum absolute atomic E-state index is 0. The van der Waals surface area contributed by atoms with Crippen LogP contribution in [0.5, 0.6) is 0 Å². The molecule has 0 amide bonds. The SMILES string of the molecule is N#CC[N+]12CCN(CC1)CC2.[Br-]. The van der Waals surface area contributed by atoms with Crippen LogP contribution in [0.1, 0.15) is 0 Å². The molecule has 0 radical (unpaired) electrons. The van der Waals surface area contributed by atoms with E-state index in [0.29, 0.717) is 0 Å². The molecule has 3 saturated heterocycles. The minimum atomic E-state index is 0. The molecule has 0 aromatic heterocycles. The molecule has 3 aliphatic rings. The molecular formula is C8H14BrN3. The van der Waals surface area contributed by atoms with E-state index in [1.54, 1.807) is 0 Å². The number of nitriles is 1. The molecule has 12 heavy (non-hydrogen) atoms. The summed E-state index contributed by atoms with van der Waals surface area (Å²) in [6.45, 7) is 7.97. The zero-order chi connectivity index (χ0) is 7.73. The van der Waals surface area contributed by atoms with Gasteiger partial charge in [-0.15, -0.1) is 0 Å². The summed E-state index contributed by atoms with van der Waals surface area (Å²) in [6, 6.07) is 2.31. The molecule has 2 bridgehead atoms. The summed E-state index contributed by atoms with van der Waals surface area (Å²) in [5.41, 5.74) is 0. The zero-order valence-electron chi connectivity index (χ0n) is 7.17. The number of nitrogens with zero attached hydrogens (tertiary/aromatic N) is 3. The first kappa shape index (κ1) is 9.97. The summed E-state index contributed by atoms with van der Waals surface area (Å²) in [6.07, 6.45) is 0. The van der Waals surface area contributed by atoms with Gasteiger partial charge in [-0.05, 0) is 0 Å². The molecule has 3 fully saturated rings. The van der Waals surface area contributed by atoms with Gasteiger partial charge in [0.2, 0.25) is 0 Å². The Kier molecular flexibility index (Phi) is 3.10. The van der Waals surface area contributed by atoms with Crippen LogP contribution >= 0.6 is 0 Å². The zero-order valence-corrected chi connectivity index (χ0v) is 8.76. The molecule has 4 heteroatoms. The van der Waals surface area contributed by atoms with Crippen LogP contribution in [0.2, 0.25) is 0 Å². The average Bonchev–Trinajstić information content (AvgIpc) is 2.07. The van der Waals surface area contributed by atoms with Gasteiger partial charge in [-0.25, -0.2) is 0 Å². The normalized spacial score (nSPS) is 38.4. The van der Waals surface area contributed by atoms with Crippen LogP contribution in [-0.2, 0) is 0 Å². The van der Waals surface area contributed by atoms with Gasteiger partial charge in [0.25, 0.3) is 0 Å². The van der Waals surface area contributed by atoms with E-state index in [4.69, 9.17) is 5.26 Å². The highest BCUT2D eigenvalue weighted by atomic mass is 79.9. The number of hydrogen-bond donors (Lipinski definition) is 0. The summed E-state index contributed by atoms with van der Waals surface area (Å²) in [7, 11) is 0. The van der Waals surface area contributed by atoms with Crippen molar-refractivity contribution in [1.29, 1.82) is 5.26 Å². The first-order chi connectivity index (χ1) is 5.35. The lowest BCUT2D eigenvalue weighted by molar-refractivity contribution is -0.934. The highest BCUT2D eigenvalue weighted by molar-refractivity contribution is 4.77. The smallest absolute Gasteiger partial charge is 0.166 e. The molecule has 0 aromatic carbocycles. The van der Waals surface area contributed by atoms with Crippen molar-refractivity contribution in [2.75, 3.05) is 45.8 Å². The molecule has 0 atom stereocenters. The maximum absolute atomic E-state index is 8.65. The van der Waals surface area contributed by atoms with Crippen molar-refractivity contribution in [3.63, 3.8) is 0 Å². The maximum Gasteiger partial charge on any atom is 0.166 e. The van der Waals surface area contributed by atoms with E-state index in [1.165, 1.54) is 39.3 Å². The molecule has 0 N–H and O–H groups in total. The van der Waals surface area contributed by atoms with E-state index >= 15 is 0 Å². The molecule has 3 nitrogen and oxygen atoms in total. The fraction of sp³-hybridized carbons (Fsp3) is 0.875. The number of hydrogen-bond acceptors (Lipinski definition) is 2. The topological polar surface area (TPSA) is 27.0 Å². The molecule has 3 heterocycles. The highest BCUT2D eigenvalue weighted by Gasteiger charge is 2.37. The molecule has 68 valence electrons. The molecule has 0 spiro atoms. The van der Waals surface area contributed by atoms with Crippen LogP contribution in [-0.4, -0.2) is 55.2 Å². The van der Waals surface area contributed by atoms with Gasteiger partial charge in [0.15, 0.2) is 6.54 Å². The van der Waals surface area contributed by atoms with E-state index in [0.717, 1.165) is 11.0 Å². The first-order valence-electron chi connectivity index (χ1n) is 4.29. The third kappa shape index (κ3) is 1.63. The van der Waals surface area contributed by atoms with Gasteiger partial charge < -0.3 is 21.5 Å². The molecule has 3 aliphatic heterocycles. The molecule has 0 unspecified atom stereocenters. The van der Waals surface area contributed by atoms with Crippen LogP contribution in [0.3, 0.4) is 0 Å². The van der Waals surface area contributed by atoms with Gasteiger partial charge in [0.1, 0.15) is 6.07 Å². The largest absolute Gasteiger partial charge is 1.00 e. The van der Waals surface area contributed by atoms with E-state index in [1.807, 2.05) is 0 Å². The fourth-order valence-electron chi connectivity index (χ4n) is 2.12. The Labute approximate surface area is 83.9 Å². The Bertz CT molecular complexity index is 177. The van der Waals surface area contributed by atoms with Crippen molar-refractivity contribution in [3.05, 3.63) is 0 Å². The number of quaternary nitrogens is 1. The molecule has 0 aromatic rings. The third-order valence-electron chi connectivity index (χ3n) is 3.08. The number of halogens is 1. The Morgan fingerprint density at radius 1 is 1.17 bits per heavy atom. The average molecular weight is 232 g/mol. The van der Waals surface area contributed by atoms with Gasteiger partial charge in [-0.2, -0.15) is 5.26 Å². The Morgan fingerprint density at radius 2 is 1.67 bits per heavy atom. The van der Waals surface area contributed by atoms with E-state index < -0.39 is 0 Å². The Hall–Kier alpha value is -0.110. The second-order valence-corrected chi connectivity index (χ2v) is 3.67. The maximum atomic E-state index is 8.65. The summed E-state index contributed by atoms with van der Waals surface area (Å²) in [4.78, 5) is 2.50. The van der Waals surface area contributed by atoms with Gasteiger partial charge in [-0.1, -0.05) is 0 Å². The molecular weight excluding hydrogens is 218 g/mol. The van der Waals surface area contributed by atoms with Crippen LogP contribution in [0.25, 0.3) is 0 Å². The lowest BCUT2D eigenvalue weighted by Crippen LogP contribution is -3.00. The highest BCUT2D eigenvalue weighted by Crippen LogP contribution is 2.18. The van der Waals surface area contributed by atoms with Crippen molar-refractivity contribution >= 4 is 0 Å². The lowest BCUT2D eigenvalue weighted by atomic mass is 10.1. The van der Waals surface area contributed by atoms with Crippen molar-refractivity contribution in [2.45, 2.75) is 0 Å². The standard InChI is InChI=1S/C8H14N3.BrH/c9-1-5-11-6-2-10(3-7-11)4-8-11;/h2-8H2;1H/q+1;/p-1. The number of fused-ring (bicyclic) bond motifs is 3. The second-order valence-electron chi connectivity index (χ2n) is 3.67.